The molecule has 5 nitrogen and oxygen atoms in total. The van der Waals surface area contributed by atoms with Crippen molar-refractivity contribution in [1.29, 1.82) is 5.41 Å². The molecule has 8 heteroatoms. The van der Waals surface area contributed by atoms with Gasteiger partial charge in [0.15, 0.2) is 0 Å². The first-order valence-electron chi connectivity index (χ1n) is 8.87. The van der Waals surface area contributed by atoms with Crippen LogP contribution in [-0.2, 0) is 0 Å². The van der Waals surface area contributed by atoms with Crippen molar-refractivity contribution in [3.05, 3.63) is 69.6 Å². The van der Waals surface area contributed by atoms with E-state index in [0.29, 0.717) is 5.02 Å². The Bertz CT molecular complexity index is 1160. The minimum Gasteiger partial charge on any atom is -0.266 e. The first-order valence-corrected chi connectivity index (χ1v) is 11.1. The first kappa shape index (κ1) is 19.7. The predicted octanol–water partition coefficient (Wildman–Crippen LogP) is 5.49. The Balaban J connectivity index is 1.36. The van der Waals surface area contributed by atoms with Crippen molar-refractivity contribution < 1.29 is 0 Å². The minimum atomic E-state index is -0.00897. The topological polar surface area (TPSA) is 72.6 Å². The number of thiophene rings is 1. The van der Waals surface area contributed by atoms with E-state index < -0.39 is 0 Å². The van der Waals surface area contributed by atoms with Crippen molar-refractivity contribution in [2.75, 3.05) is 5.75 Å². The molecule has 0 spiro atoms. The van der Waals surface area contributed by atoms with E-state index in [0.717, 1.165) is 27.8 Å². The highest BCUT2D eigenvalue weighted by Gasteiger charge is 2.12. The fraction of sp³-hybridized carbons (Fsp3) is 0.0952. The molecule has 0 amide bonds. The fourth-order valence-corrected chi connectivity index (χ4v) is 4.93. The highest BCUT2D eigenvalue weighted by Crippen LogP contribution is 2.34. The van der Waals surface area contributed by atoms with E-state index in [1.807, 2.05) is 18.2 Å². The molecule has 0 saturated heterocycles. The molecule has 0 unspecified atom stereocenters. The van der Waals surface area contributed by atoms with Crippen LogP contribution in [0.5, 0.6) is 0 Å². The summed E-state index contributed by atoms with van der Waals surface area (Å²) in [7, 11) is 0. The normalized spacial score (nSPS) is 13.7. The molecule has 1 aromatic heterocycles. The highest BCUT2D eigenvalue weighted by molar-refractivity contribution is 7.99. The van der Waals surface area contributed by atoms with Gasteiger partial charge in [0.25, 0.3) is 0 Å². The van der Waals surface area contributed by atoms with Gasteiger partial charge in [0.2, 0.25) is 5.96 Å². The minimum absolute atomic E-state index is 0.00897. The van der Waals surface area contributed by atoms with Crippen molar-refractivity contribution in [3.8, 4) is 0 Å². The Kier molecular flexibility index (Phi) is 5.99. The maximum absolute atomic E-state index is 7.92. The van der Waals surface area contributed by atoms with Crippen LogP contribution in [-0.4, -0.2) is 24.1 Å². The van der Waals surface area contributed by atoms with Gasteiger partial charge in [-0.15, -0.1) is 23.1 Å². The molecule has 0 aliphatic carbocycles. The Labute approximate surface area is 182 Å². The lowest BCUT2D eigenvalue weighted by molar-refractivity contribution is 0.894. The number of benzene rings is 2. The summed E-state index contributed by atoms with van der Waals surface area (Å²) in [4.78, 5) is 1.18. The zero-order chi connectivity index (χ0) is 20.2. The van der Waals surface area contributed by atoms with Gasteiger partial charge >= 0.3 is 0 Å². The van der Waals surface area contributed by atoms with Crippen molar-refractivity contribution in [3.63, 3.8) is 0 Å². The molecule has 146 valence electrons. The number of halogens is 1. The third kappa shape index (κ3) is 4.70. The maximum atomic E-state index is 7.92. The molecule has 2 aromatic carbocycles. The second kappa shape index (κ2) is 8.82. The molecule has 0 atom stereocenters. The van der Waals surface area contributed by atoms with Gasteiger partial charge in [-0.2, -0.15) is 10.2 Å². The van der Waals surface area contributed by atoms with Crippen molar-refractivity contribution >= 4 is 68.7 Å². The summed E-state index contributed by atoms with van der Waals surface area (Å²) in [6.07, 6.45) is 5.51. The molecular weight excluding hydrogens is 422 g/mol. The van der Waals surface area contributed by atoms with E-state index in [1.165, 1.54) is 15.2 Å². The molecule has 0 saturated carbocycles. The molecule has 0 fully saturated rings. The number of aryl methyl sites for hydroxylation is 1. The van der Waals surface area contributed by atoms with Gasteiger partial charge in [0, 0.05) is 36.7 Å². The molecule has 3 aromatic rings. The molecule has 1 aliphatic rings. The summed E-state index contributed by atoms with van der Waals surface area (Å²) in [6, 6.07) is 12.2. The van der Waals surface area contributed by atoms with Gasteiger partial charge in [0.1, 0.15) is 0 Å². The summed E-state index contributed by atoms with van der Waals surface area (Å²) in [6.45, 7) is 2.07. The van der Waals surface area contributed by atoms with Gasteiger partial charge in [-0.25, -0.2) is 10.9 Å². The van der Waals surface area contributed by atoms with Gasteiger partial charge in [-0.3, -0.25) is 5.41 Å². The molecule has 0 radical (unpaired) electrons. The van der Waals surface area contributed by atoms with E-state index in [-0.39, 0.29) is 5.96 Å². The number of hydrazone groups is 2. The lowest BCUT2D eigenvalue weighted by Gasteiger charge is -2.14. The molecule has 4 rings (SSSR count). The SMILES string of the molecule is Cc1ccc2scc(/C=N/NC(=N)N/N=C/C3=CCSc4ccc(Cl)cc43)c2c1. The molecule has 1 aliphatic heterocycles. The molecular formula is C21H18ClN5S2. The van der Waals surface area contributed by atoms with E-state index in [1.54, 1.807) is 35.5 Å². The second-order valence-electron chi connectivity index (χ2n) is 6.42. The third-order valence-corrected chi connectivity index (χ3v) is 6.53. The Hall–Kier alpha value is -2.61. The van der Waals surface area contributed by atoms with Crippen molar-refractivity contribution in [2.24, 2.45) is 10.2 Å². The molecule has 29 heavy (non-hydrogen) atoms. The van der Waals surface area contributed by atoms with Crippen LogP contribution in [0.2, 0.25) is 5.02 Å². The highest BCUT2D eigenvalue weighted by atomic mass is 35.5. The van der Waals surface area contributed by atoms with E-state index in [4.69, 9.17) is 17.0 Å². The molecule has 2 heterocycles. The van der Waals surface area contributed by atoms with Gasteiger partial charge in [0.05, 0.1) is 12.4 Å². The Morgan fingerprint density at radius 3 is 2.83 bits per heavy atom. The van der Waals surface area contributed by atoms with Crippen LogP contribution in [0.3, 0.4) is 0 Å². The number of thioether (sulfide) groups is 1. The Morgan fingerprint density at radius 1 is 1.14 bits per heavy atom. The maximum Gasteiger partial charge on any atom is 0.230 e. The van der Waals surface area contributed by atoms with Crippen LogP contribution in [0.15, 0.2) is 63.0 Å². The average molecular weight is 440 g/mol. The quantitative estimate of drug-likeness (QED) is 0.286. The van der Waals surface area contributed by atoms with E-state index >= 15 is 0 Å². The lowest BCUT2D eigenvalue weighted by atomic mass is 10.1. The average Bonchev–Trinajstić information content (AvgIpc) is 3.10. The smallest absolute Gasteiger partial charge is 0.230 e. The van der Waals surface area contributed by atoms with Crippen LogP contribution in [0.1, 0.15) is 16.7 Å². The van der Waals surface area contributed by atoms with Crippen LogP contribution in [0, 0.1) is 12.3 Å². The Morgan fingerprint density at radius 2 is 1.97 bits per heavy atom. The third-order valence-electron chi connectivity index (χ3n) is 4.31. The standard InChI is InChI=1S/C21H18ClN5S2/c1-13-2-4-20-17(8-13)15(12-29-20)11-25-27-21(23)26-24-10-14-6-7-28-19-5-3-16(22)9-18(14)19/h2-6,8-12H,7H2,1H3,(H3,23,26,27)/b24-10+,25-11+. The second-order valence-corrected chi connectivity index (χ2v) is 8.83. The number of guanidine groups is 1. The zero-order valence-electron chi connectivity index (χ0n) is 15.6. The number of allylic oxidation sites excluding steroid dienone is 1. The summed E-state index contributed by atoms with van der Waals surface area (Å²) in [5.41, 5.74) is 9.57. The van der Waals surface area contributed by atoms with E-state index in [2.05, 4.69) is 57.6 Å². The summed E-state index contributed by atoms with van der Waals surface area (Å²) >= 11 is 9.55. The number of nitrogens with one attached hydrogen (secondary N) is 3. The molecule has 0 bridgehead atoms. The van der Waals surface area contributed by atoms with Crippen molar-refractivity contribution in [2.45, 2.75) is 11.8 Å². The number of nitrogens with zero attached hydrogens (tertiary/aromatic N) is 2. The van der Waals surface area contributed by atoms with Crippen LogP contribution in [0.4, 0.5) is 0 Å². The fourth-order valence-electron chi connectivity index (χ4n) is 2.93. The van der Waals surface area contributed by atoms with Crippen LogP contribution < -0.4 is 10.9 Å². The largest absolute Gasteiger partial charge is 0.266 e. The van der Waals surface area contributed by atoms with Crippen molar-refractivity contribution in [1.82, 2.24) is 10.9 Å². The first-order chi connectivity index (χ1) is 14.1. The lowest BCUT2D eigenvalue weighted by Crippen LogP contribution is -2.29. The monoisotopic (exact) mass is 439 g/mol. The van der Waals surface area contributed by atoms with Gasteiger partial charge < -0.3 is 0 Å². The zero-order valence-corrected chi connectivity index (χ0v) is 18.0. The number of rotatable bonds is 4. The van der Waals surface area contributed by atoms with Gasteiger partial charge in [-0.1, -0.05) is 29.3 Å². The predicted molar refractivity (Wildman–Crippen MR) is 127 cm³/mol. The number of hydrogen-bond acceptors (Lipinski definition) is 5. The summed E-state index contributed by atoms with van der Waals surface area (Å²) < 4.78 is 1.22. The summed E-state index contributed by atoms with van der Waals surface area (Å²) in [5.74, 6) is 0.870. The van der Waals surface area contributed by atoms with Gasteiger partial charge in [-0.05, 0) is 48.4 Å². The summed E-state index contributed by atoms with van der Waals surface area (Å²) in [5, 5.41) is 20.1. The van der Waals surface area contributed by atoms with Crippen LogP contribution >= 0.6 is 34.7 Å². The molecule has 3 N–H and O–H groups in total. The van der Waals surface area contributed by atoms with Crippen LogP contribution in [0.25, 0.3) is 15.7 Å². The number of hydrogen-bond donors (Lipinski definition) is 3. The van der Waals surface area contributed by atoms with E-state index in [9.17, 15) is 0 Å². The number of fused-ring (bicyclic) bond motifs is 2.